The minimum absolute atomic E-state index is 0. The van der Waals surface area contributed by atoms with Crippen LogP contribution in [0.25, 0.3) is 0 Å². The summed E-state index contributed by atoms with van der Waals surface area (Å²) in [7, 11) is -1.80. The van der Waals surface area contributed by atoms with E-state index in [0.717, 1.165) is 6.16 Å². The van der Waals surface area contributed by atoms with E-state index in [0.29, 0.717) is 0 Å². The van der Waals surface area contributed by atoms with Gasteiger partial charge in [0.2, 0.25) is 0 Å². The van der Waals surface area contributed by atoms with Crippen molar-refractivity contribution in [1.82, 2.24) is 4.98 Å². The molecule has 142 valence electrons. The van der Waals surface area contributed by atoms with Crippen molar-refractivity contribution >= 4 is 35.6 Å². The molecule has 0 radical (unpaired) electrons. The van der Waals surface area contributed by atoms with Crippen molar-refractivity contribution in [2.45, 2.75) is 6.16 Å². The lowest BCUT2D eigenvalue weighted by Crippen LogP contribution is -3.00. The van der Waals surface area contributed by atoms with E-state index >= 15 is 0 Å². The molecule has 0 bridgehead atoms. The molecule has 0 fully saturated rings. The Morgan fingerprint density at radius 2 is 0.893 bits per heavy atom. The molecule has 4 heteroatoms. The Morgan fingerprint density at radius 1 is 0.536 bits per heavy atom. The van der Waals surface area contributed by atoms with E-state index < -0.39 is 7.26 Å². The lowest BCUT2D eigenvalue weighted by atomic mass is 10.3. The van der Waals surface area contributed by atoms with Gasteiger partial charge in [0.15, 0.2) is 0 Å². The van der Waals surface area contributed by atoms with E-state index in [-0.39, 0.29) is 24.8 Å². The van der Waals surface area contributed by atoms with Gasteiger partial charge in [0, 0.05) is 12.4 Å². The molecule has 0 aliphatic heterocycles. The second-order valence-electron chi connectivity index (χ2n) is 6.33. The third-order valence-electron chi connectivity index (χ3n) is 4.76. The SMILES string of the molecule is Cl.[Cl-].c1ccc([P+](Cc2ccncc2)(c2ccccc2)c2ccccc2)cc1. The Labute approximate surface area is 180 Å². The van der Waals surface area contributed by atoms with Crippen LogP contribution in [-0.2, 0) is 6.16 Å². The molecule has 0 aliphatic rings. The van der Waals surface area contributed by atoms with Crippen molar-refractivity contribution in [1.29, 1.82) is 0 Å². The van der Waals surface area contributed by atoms with Gasteiger partial charge in [-0.1, -0.05) is 54.6 Å². The summed E-state index contributed by atoms with van der Waals surface area (Å²) >= 11 is 0. The summed E-state index contributed by atoms with van der Waals surface area (Å²) < 4.78 is 0. The lowest BCUT2D eigenvalue weighted by molar-refractivity contribution is -0.00000527. The van der Waals surface area contributed by atoms with Gasteiger partial charge >= 0.3 is 0 Å². The second-order valence-corrected chi connectivity index (χ2v) is 9.81. The smallest absolute Gasteiger partial charge is 0.116 e. The summed E-state index contributed by atoms with van der Waals surface area (Å²) in [6.45, 7) is 0. The summed E-state index contributed by atoms with van der Waals surface area (Å²) in [4.78, 5) is 4.21. The summed E-state index contributed by atoms with van der Waals surface area (Å²) in [5.41, 5.74) is 1.32. The Hall–Kier alpha value is -2.18. The van der Waals surface area contributed by atoms with Crippen LogP contribution in [0.1, 0.15) is 5.56 Å². The predicted molar refractivity (Wildman–Crippen MR) is 120 cm³/mol. The highest BCUT2D eigenvalue weighted by atomic mass is 35.5. The van der Waals surface area contributed by atoms with Gasteiger partial charge in [-0.2, -0.15) is 0 Å². The first-order valence-corrected chi connectivity index (χ1v) is 10.8. The number of hydrogen-bond donors (Lipinski definition) is 0. The summed E-state index contributed by atoms with van der Waals surface area (Å²) in [5, 5.41) is 4.23. The van der Waals surface area contributed by atoms with Crippen LogP contribution in [0.15, 0.2) is 116 Å². The van der Waals surface area contributed by atoms with Crippen molar-refractivity contribution in [3.63, 3.8) is 0 Å². The van der Waals surface area contributed by atoms with E-state index in [1.165, 1.54) is 21.5 Å². The van der Waals surface area contributed by atoms with Crippen molar-refractivity contribution < 1.29 is 12.4 Å². The van der Waals surface area contributed by atoms with Crippen LogP contribution < -0.4 is 28.3 Å². The van der Waals surface area contributed by atoms with Crippen LogP contribution in [0.5, 0.6) is 0 Å². The van der Waals surface area contributed by atoms with Crippen LogP contribution in [0.2, 0.25) is 0 Å². The van der Waals surface area contributed by atoms with Gasteiger partial charge in [-0.05, 0) is 54.1 Å². The van der Waals surface area contributed by atoms with E-state index in [1.54, 1.807) is 0 Å². The molecule has 0 saturated carbocycles. The molecule has 0 amide bonds. The standard InChI is InChI=1S/C24H21NP.2ClH/c1-4-10-22(11-5-1)26(23-12-6-2-7-13-23,24-14-8-3-9-15-24)20-21-16-18-25-19-17-21;;/h1-19H,20H2;2*1H/q+1;;/p-1. The van der Waals surface area contributed by atoms with Crippen LogP contribution in [0.4, 0.5) is 0 Å². The molecular formula is C24H22Cl2NP. The Bertz CT molecular complexity index is 852. The Balaban J connectivity index is 0.00000140. The molecule has 28 heavy (non-hydrogen) atoms. The van der Waals surface area contributed by atoms with E-state index in [4.69, 9.17) is 0 Å². The highest BCUT2D eigenvalue weighted by molar-refractivity contribution is 7.95. The Kier molecular flexibility index (Phi) is 8.20. The highest BCUT2D eigenvalue weighted by Crippen LogP contribution is 2.57. The fourth-order valence-electron chi connectivity index (χ4n) is 3.53. The molecule has 1 nitrogen and oxygen atoms in total. The molecule has 0 N–H and O–H groups in total. The molecule has 4 aromatic rings. The number of hydrogen-bond acceptors (Lipinski definition) is 1. The van der Waals surface area contributed by atoms with Crippen molar-refractivity contribution in [2.75, 3.05) is 0 Å². The zero-order chi connectivity index (χ0) is 17.7. The molecule has 3 aromatic carbocycles. The summed E-state index contributed by atoms with van der Waals surface area (Å²) in [5.74, 6) is 0. The number of aromatic nitrogens is 1. The van der Waals surface area contributed by atoms with Crippen LogP contribution in [-0.4, -0.2) is 4.98 Å². The van der Waals surface area contributed by atoms with Crippen molar-refractivity contribution in [2.24, 2.45) is 0 Å². The third-order valence-corrected chi connectivity index (χ3v) is 9.14. The molecule has 1 heterocycles. The molecular weight excluding hydrogens is 404 g/mol. The molecule has 0 aliphatic carbocycles. The molecule has 1 aromatic heterocycles. The predicted octanol–water partition coefficient (Wildman–Crippen LogP) is 2.00. The van der Waals surface area contributed by atoms with Gasteiger partial charge in [-0.15, -0.1) is 12.4 Å². The maximum atomic E-state index is 4.21. The summed E-state index contributed by atoms with van der Waals surface area (Å²) in [6, 6.07) is 37.2. The van der Waals surface area contributed by atoms with Crippen molar-refractivity contribution in [3.05, 3.63) is 121 Å². The van der Waals surface area contributed by atoms with Gasteiger partial charge in [-0.3, -0.25) is 4.98 Å². The minimum atomic E-state index is -1.80. The molecule has 0 atom stereocenters. The van der Waals surface area contributed by atoms with E-state index in [2.05, 4.69) is 108 Å². The lowest BCUT2D eigenvalue weighted by Gasteiger charge is -2.27. The third kappa shape index (κ3) is 4.45. The maximum absolute atomic E-state index is 4.21. The van der Waals surface area contributed by atoms with Gasteiger partial charge in [0.25, 0.3) is 0 Å². The number of pyridine rings is 1. The normalized spacial score (nSPS) is 10.4. The first-order chi connectivity index (χ1) is 12.9. The van der Waals surface area contributed by atoms with Crippen LogP contribution in [0, 0.1) is 0 Å². The highest BCUT2D eigenvalue weighted by Gasteiger charge is 2.45. The quantitative estimate of drug-likeness (QED) is 0.445. The molecule has 4 rings (SSSR count). The largest absolute Gasteiger partial charge is 1.00 e. The van der Waals surface area contributed by atoms with Gasteiger partial charge in [0.05, 0.1) is 6.16 Å². The number of nitrogens with zero attached hydrogens (tertiary/aromatic N) is 1. The van der Waals surface area contributed by atoms with E-state index in [9.17, 15) is 0 Å². The fraction of sp³-hybridized carbons (Fsp3) is 0.0417. The van der Waals surface area contributed by atoms with Gasteiger partial charge in [0.1, 0.15) is 23.2 Å². The molecule has 0 saturated heterocycles. The molecule has 0 spiro atoms. The maximum Gasteiger partial charge on any atom is 0.116 e. The second kappa shape index (κ2) is 10.4. The van der Waals surface area contributed by atoms with E-state index in [1.807, 2.05) is 12.4 Å². The number of halogens is 2. The first-order valence-electron chi connectivity index (χ1n) is 8.83. The average molecular weight is 426 g/mol. The van der Waals surface area contributed by atoms with Crippen LogP contribution in [0.3, 0.4) is 0 Å². The topological polar surface area (TPSA) is 12.9 Å². The molecule has 0 unspecified atom stereocenters. The average Bonchev–Trinajstić information content (AvgIpc) is 2.75. The van der Waals surface area contributed by atoms with Gasteiger partial charge < -0.3 is 12.4 Å². The minimum Gasteiger partial charge on any atom is -1.00 e. The zero-order valence-electron chi connectivity index (χ0n) is 15.4. The Morgan fingerprint density at radius 3 is 1.25 bits per heavy atom. The van der Waals surface area contributed by atoms with Crippen molar-refractivity contribution in [3.8, 4) is 0 Å². The first kappa shape index (κ1) is 22.1. The fourth-order valence-corrected chi connectivity index (χ4v) is 7.77. The summed E-state index contributed by atoms with van der Waals surface area (Å²) in [6.07, 6.45) is 4.78. The van der Waals surface area contributed by atoms with Crippen LogP contribution >= 0.6 is 19.7 Å². The zero-order valence-corrected chi connectivity index (χ0v) is 17.8. The number of benzene rings is 3. The number of rotatable bonds is 5. The monoisotopic (exact) mass is 425 g/mol. The van der Waals surface area contributed by atoms with Gasteiger partial charge in [-0.25, -0.2) is 0 Å².